The number of esters is 1. The summed E-state index contributed by atoms with van der Waals surface area (Å²) in [5, 5.41) is 0. The molecule has 0 amide bonds. The van der Waals surface area contributed by atoms with Gasteiger partial charge in [-0.1, -0.05) is 30.3 Å². The molecule has 1 unspecified atom stereocenters. The van der Waals surface area contributed by atoms with Crippen molar-refractivity contribution >= 4 is 5.97 Å². The predicted octanol–water partition coefficient (Wildman–Crippen LogP) is 0.969. The third-order valence-corrected chi connectivity index (χ3v) is 2.90. The second kappa shape index (κ2) is 2.82. The number of hydrogen-bond donors (Lipinski definition) is 0. The molecule has 0 bridgehead atoms. The Kier molecular flexibility index (Phi) is 1.61. The quantitative estimate of drug-likeness (QED) is 0.487. The summed E-state index contributed by atoms with van der Waals surface area (Å²) in [5.41, 5.74) is 1.22. The Bertz CT molecular complexity index is 363. The highest BCUT2D eigenvalue weighted by atomic mass is 16.5. The zero-order valence-electron chi connectivity index (χ0n) is 7.72. The first kappa shape index (κ1) is 8.00. The van der Waals surface area contributed by atoms with Crippen LogP contribution in [0.2, 0.25) is 0 Å². The molecular formula is C11H11NO2. The molecule has 1 aromatic rings. The van der Waals surface area contributed by atoms with Gasteiger partial charge in [-0.2, -0.15) is 0 Å². The van der Waals surface area contributed by atoms with Crippen molar-refractivity contribution in [1.82, 2.24) is 4.90 Å². The van der Waals surface area contributed by atoms with Crippen LogP contribution in [-0.4, -0.2) is 30.1 Å². The lowest BCUT2D eigenvalue weighted by Crippen LogP contribution is -2.26. The van der Waals surface area contributed by atoms with Crippen LogP contribution in [0.5, 0.6) is 0 Å². The van der Waals surface area contributed by atoms with Crippen LogP contribution in [0.25, 0.3) is 0 Å². The summed E-state index contributed by atoms with van der Waals surface area (Å²) >= 11 is 0. The number of rotatable bonds is 1. The Hall–Kier alpha value is -1.35. The van der Waals surface area contributed by atoms with E-state index < -0.39 is 0 Å². The lowest BCUT2D eigenvalue weighted by Gasteiger charge is -2.09. The lowest BCUT2D eigenvalue weighted by atomic mass is 10.1. The smallest absolute Gasteiger partial charge is 0.325 e. The fraction of sp³-hybridized carbons (Fsp3) is 0.364. The third kappa shape index (κ3) is 1.06. The van der Waals surface area contributed by atoms with Crippen LogP contribution >= 0.6 is 0 Å². The fourth-order valence-electron chi connectivity index (χ4n) is 2.18. The summed E-state index contributed by atoms with van der Waals surface area (Å²) in [4.78, 5) is 13.5. The van der Waals surface area contributed by atoms with E-state index in [0.29, 0.717) is 6.61 Å². The van der Waals surface area contributed by atoms with Gasteiger partial charge in [0.1, 0.15) is 12.6 Å². The second-order valence-corrected chi connectivity index (χ2v) is 3.71. The van der Waals surface area contributed by atoms with Crippen molar-refractivity contribution in [3.63, 3.8) is 0 Å². The van der Waals surface area contributed by atoms with E-state index in [0.717, 1.165) is 6.54 Å². The minimum atomic E-state index is -0.0647. The molecule has 3 rings (SSSR count). The van der Waals surface area contributed by atoms with Crippen molar-refractivity contribution in [2.45, 2.75) is 12.1 Å². The summed E-state index contributed by atoms with van der Waals surface area (Å²) in [7, 11) is 0. The Morgan fingerprint density at radius 2 is 2.00 bits per heavy atom. The standard InChI is InChI=1S/C11H11NO2/c13-11-10-9(12(10)6-7-14-11)8-4-2-1-3-5-8/h1-5,9-10H,6-7H2/t9-,10+,12?/m1/s1. The van der Waals surface area contributed by atoms with Crippen molar-refractivity contribution in [1.29, 1.82) is 0 Å². The number of hydrogen-bond acceptors (Lipinski definition) is 3. The van der Waals surface area contributed by atoms with Crippen LogP contribution in [0.3, 0.4) is 0 Å². The van der Waals surface area contributed by atoms with Gasteiger partial charge < -0.3 is 4.74 Å². The second-order valence-electron chi connectivity index (χ2n) is 3.71. The number of cyclic esters (lactones) is 1. The molecule has 3 nitrogen and oxygen atoms in total. The summed E-state index contributed by atoms with van der Waals surface area (Å²) in [6.45, 7) is 1.41. The molecule has 3 heteroatoms. The molecule has 0 aliphatic carbocycles. The molecule has 2 aliphatic rings. The normalized spacial score (nSPS) is 34.6. The number of ether oxygens (including phenoxy) is 1. The highest BCUT2D eigenvalue weighted by molar-refractivity contribution is 5.81. The van der Waals surface area contributed by atoms with E-state index >= 15 is 0 Å². The molecule has 14 heavy (non-hydrogen) atoms. The Balaban J connectivity index is 1.87. The highest BCUT2D eigenvalue weighted by Crippen LogP contribution is 2.44. The van der Waals surface area contributed by atoms with Gasteiger partial charge in [-0.05, 0) is 5.56 Å². The van der Waals surface area contributed by atoms with E-state index in [1.54, 1.807) is 0 Å². The highest BCUT2D eigenvalue weighted by Gasteiger charge is 2.56. The lowest BCUT2D eigenvalue weighted by molar-refractivity contribution is -0.146. The van der Waals surface area contributed by atoms with E-state index in [1.165, 1.54) is 5.56 Å². The molecule has 2 saturated heterocycles. The molecule has 3 atom stereocenters. The monoisotopic (exact) mass is 189 g/mol. The number of nitrogens with zero attached hydrogens (tertiary/aromatic N) is 1. The van der Waals surface area contributed by atoms with Crippen molar-refractivity contribution in [2.75, 3.05) is 13.2 Å². The van der Waals surface area contributed by atoms with Gasteiger partial charge in [0.05, 0.1) is 6.04 Å². The van der Waals surface area contributed by atoms with Gasteiger partial charge in [0.2, 0.25) is 0 Å². The summed E-state index contributed by atoms with van der Waals surface area (Å²) < 4.78 is 5.00. The maximum atomic E-state index is 11.4. The van der Waals surface area contributed by atoms with Crippen molar-refractivity contribution in [3.8, 4) is 0 Å². The van der Waals surface area contributed by atoms with E-state index in [1.807, 2.05) is 18.2 Å². The van der Waals surface area contributed by atoms with Gasteiger partial charge in [0.15, 0.2) is 0 Å². The van der Waals surface area contributed by atoms with Gasteiger partial charge in [0, 0.05) is 6.54 Å². The molecule has 2 heterocycles. The molecule has 0 aromatic heterocycles. The number of carbonyl (C=O) groups excluding carboxylic acids is 1. The average Bonchev–Trinajstić information content (AvgIpc) is 2.95. The molecule has 1 aromatic carbocycles. The van der Waals surface area contributed by atoms with Gasteiger partial charge in [-0.3, -0.25) is 9.69 Å². The number of fused-ring (bicyclic) bond motifs is 1. The van der Waals surface area contributed by atoms with E-state index in [2.05, 4.69) is 17.0 Å². The maximum absolute atomic E-state index is 11.4. The summed E-state index contributed by atoms with van der Waals surface area (Å²) in [6, 6.07) is 10.4. The minimum Gasteiger partial charge on any atom is -0.463 e. The minimum absolute atomic E-state index is 0.00819. The first-order valence-corrected chi connectivity index (χ1v) is 4.85. The van der Waals surface area contributed by atoms with Gasteiger partial charge in [-0.15, -0.1) is 0 Å². The first-order valence-electron chi connectivity index (χ1n) is 4.85. The van der Waals surface area contributed by atoms with E-state index in [9.17, 15) is 4.79 Å². The SMILES string of the molecule is O=C1OCCN2[C@H]1[C@H]2c1ccccc1. The van der Waals surface area contributed by atoms with Gasteiger partial charge >= 0.3 is 5.97 Å². The topological polar surface area (TPSA) is 29.3 Å². The maximum Gasteiger partial charge on any atom is 0.325 e. The van der Waals surface area contributed by atoms with Gasteiger partial charge in [0.25, 0.3) is 0 Å². The Labute approximate surface area is 82.3 Å². The predicted molar refractivity (Wildman–Crippen MR) is 50.6 cm³/mol. The van der Waals surface area contributed by atoms with Crippen molar-refractivity contribution in [2.24, 2.45) is 0 Å². The van der Waals surface area contributed by atoms with E-state index in [4.69, 9.17) is 4.74 Å². The third-order valence-electron chi connectivity index (χ3n) is 2.90. The Morgan fingerprint density at radius 1 is 1.21 bits per heavy atom. The molecule has 0 saturated carbocycles. The zero-order valence-corrected chi connectivity index (χ0v) is 7.72. The molecule has 0 radical (unpaired) electrons. The van der Waals surface area contributed by atoms with Crippen molar-refractivity contribution in [3.05, 3.63) is 35.9 Å². The number of morpholine rings is 1. The van der Waals surface area contributed by atoms with Crippen LogP contribution in [0, 0.1) is 0 Å². The van der Waals surface area contributed by atoms with Crippen LogP contribution in [-0.2, 0) is 9.53 Å². The molecular weight excluding hydrogens is 178 g/mol. The first-order chi connectivity index (χ1) is 6.88. The van der Waals surface area contributed by atoms with Gasteiger partial charge in [-0.25, -0.2) is 0 Å². The zero-order chi connectivity index (χ0) is 9.54. The summed E-state index contributed by atoms with van der Waals surface area (Å²) in [6.07, 6.45) is 0. The van der Waals surface area contributed by atoms with Crippen molar-refractivity contribution < 1.29 is 9.53 Å². The molecule has 72 valence electrons. The van der Waals surface area contributed by atoms with Crippen LogP contribution < -0.4 is 0 Å². The summed E-state index contributed by atoms with van der Waals surface area (Å²) in [5.74, 6) is -0.0647. The molecule has 0 N–H and O–H groups in total. The average molecular weight is 189 g/mol. The molecule has 0 spiro atoms. The van der Waals surface area contributed by atoms with Crippen LogP contribution in [0.1, 0.15) is 11.6 Å². The Morgan fingerprint density at radius 3 is 2.71 bits per heavy atom. The van der Waals surface area contributed by atoms with E-state index in [-0.39, 0.29) is 18.1 Å². The van der Waals surface area contributed by atoms with Crippen LogP contribution in [0.4, 0.5) is 0 Å². The van der Waals surface area contributed by atoms with Crippen LogP contribution in [0.15, 0.2) is 30.3 Å². The number of benzene rings is 1. The largest absolute Gasteiger partial charge is 0.463 e. The fourth-order valence-corrected chi connectivity index (χ4v) is 2.18. The molecule has 2 aliphatic heterocycles. The molecule has 2 fully saturated rings. The number of carbonyl (C=O) groups is 1.